The first-order chi connectivity index (χ1) is 8.69. The van der Waals surface area contributed by atoms with Crippen LogP contribution in [0.5, 0.6) is 0 Å². The molecule has 2 rings (SSSR count). The monoisotopic (exact) mass is 246 g/mol. The van der Waals surface area contributed by atoms with Gasteiger partial charge in [0.25, 0.3) is 5.91 Å². The highest BCUT2D eigenvalue weighted by Gasteiger charge is 2.06. The Balaban J connectivity index is 2.03. The number of rotatable bonds is 4. The number of carbonyl (C=O) groups is 1. The Bertz CT molecular complexity index is 551. The number of aromatic nitrogens is 2. The number of aryl methyl sites for hydroxylation is 1. The predicted octanol–water partition coefficient (Wildman–Crippen LogP) is 1.35. The maximum atomic E-state index is 11.4. The van der Waals surface area contributed by atoms with Crippen LogP contribution in [0.15, 0.2) is 28.9 Å². The van der Waals surface area contributed by atoms with Crippen molar-refractivity contribution in [3.8, 4) is 0 Å². The molecule has 0 atom stereocenters. The highest BCUT2D eigenvalue weighted by Crippen LogP contribution is 2.10. The van der Waals surface area contributed by atoms with E-state index < -0.39 is 0 Å². The number of hydrogen-bond acceptors (Lipinski definition) is 5. The number of hydrogen-bond donors (Lipinski definition) is 2. The van der Waals surface area contributed by atoms with Gasteiger partial charge < -0.3 is 15.2 Å². The lowest BCUT2D eigenvalue weighted by Crippen LogP contribution is -2.19. The second-order valence-corrected chi connectivity index (χ2v) is 3.80. The van der Waals surface area contributed by atoms with Gasteiger partial charge in [0.05, 0.1) is 12.2 Å². The van der Waals surface area contributed by atoms with Crippen molar-refractivity contribution in [1.82, 2.24) is 15.5 Å². The average Bonchev–Trinajstić information content (AvgIpc) is 2.81. The third-order valence-electron chi connectivity index (χ3n) is 2.36. The van der Waals surface area contributed by atoms with E-state index in [1.165, 1.54) is 0 Å². The van der Waals surface area contributed by atoms with E-state index in [2.05, 4.69) is 20.8 Å². The summed E-state index contributed by atoms with van der Waals surface area (Å²) in [5, 5.41) is 9.46. The fourth-order valence-electron chi connectivity index (χ4n) is 1.48. The summed E-state index contributed by atoms with van der Waals surface area (Å²) in [6, 6.07) is 5.32. The van der Waals surface area contributed by atoms with Crippen LogP contribution in [-0.4, -0.2) is 23.1 Å². The molecule has 2 aromatic rings. The van der Waals surface area contributed by atoms with Crippen molar-refractivity contribution < 1.29 is 9.32 Å². The molecule has 0 fully saturated rings. The normalized spacial score (nSPS) is 10.1. The van der Waals surface area contributed by atoms with Crippen molar-refractivity contribution in [2.24, 2.45) is 0 Å². The van der Waals surface area contributed by atoms with Crippen molar-refractivity contribution in [3.63, 3.8) is 0 Å². The number of nitrogens with zero attached hydrogens (tertiary/aromatic N) is 2. The Morgan fingerprint density at radius 2 is 2.28 bits per heavy atom. The Labute approximate surface area is 104 Å². The minimum absolute atomic E-state index is 0.214. The number of nitrogens with one attached hydrogen (secondary N) is 2. The quantitative estimate of drug-likeness (QED) is 0.851. The second kappa shape index (κ2) is 5.31. The molecule has 6 nitrogen and oxygen atoms in total. The molecule has 0 saturated carbocycles. The average molecular weight is 246 g/mol. The van der Waals surface area contributed by atoms with Gasteiger partial charge in [0.15, 0.2) is 5.76 Å². The molecule has 0 radical (unpaired) electrons. The van der Waals surface area contributed by atoms with Crippen LogP contribution >= 0.6 is 0 Å². The molecule has 0 aliphatic heterocycles. The van der Waals surface area contributed by atoms with E-state index in [0.29, 0.717) is 12.2 Å². The molecule has 0 bridgehead atoms. The Morgan fingerprint density at radius 1 is 1.44 bits per heavy atom. The third kappa shape index (κ3) is 2.85. The standard InChI is InChI=1S/C12H14N4O2/c1-8-5-10(18-16-8)7-15-9-3-4-14-11(6-9)12(17)13-2/h3-6H,7H2,1-2H3,(H,13,17)(H,14,15). The van der Waals surface area contributed by atoms with Gasteiger partial charge in [0, 0.05) is 25.0 Å². The molecule has 0 aliphatic carbocycles. The first kappa shape index (κ1) is 12.1. The lowest BCUT2D eigenvalue weighted by Gasteiger charge is -2.05. The van der Waals surface area contributed by atoms with E-state index in [9.17, 15) is 4.79 Å². The first-order valence-electron chi connectivity index (χ1n) is 5.53. The van der Waals surface area contributed by atoms with Gasteiger partial charge in [-0.15, -0.1) is 0 Å². The van der Waals surface area contributed by atoms with Gasteiger partial charge in [0.2, 0.25) is 0 Å². The van der Waals surface area contributed by atoms with Gasteiger partial charge in [-0.2, -0.15) is 0 Å². The zero-order chi connectivity index (χ0) is 13.0. The minimum atomic E-state index is -0.214. The molecule has 1 amide bonds. The lowest BCUT2D eigenvalue weighted by atomic mass is 10.3. The zero-order valence-electron chi connectivity index (χ0n) is 10.2. The van der Waals surface area contributed by atoms with Gasteiger partial charge in [-0.1, -0.05) is 5.16 Å². The summed E-state index contributed by atoms with van der Waals surface area (Å²) in [4.78, 5) is 15.4. The molecule has 0 unspecified atom stereocenters. The molecule has 2 heterocycles. The van der Waals surface area contributed by atoms with E-state index in [1.54, 1.807) is 25.4 Å². The minimum Gasteiger partial charge on any atom is -0.378 e. The fraction of sp³-hybridized carbons (Fsp3) is 0.250. The second-order valence-electron chi connectivity index (χ2n) is 3.80. The molecule has 0 spiro atoms. The van der Waals surface area contributed by atoms with Gasteiger partial charge in [-0.3, -0.25) is 9.78 Å². The molecule has 0 aliphatic rings. The lowest BCUT2D eigenvalue weighted by molar-refractivity contribution is 0.0958. The van der Waals surface area contributed by atoms with Crippen LogP contribution in [0.25, 0.3) is 0 Å². The van der Waals surface area contributed by atoms with Crippen LogP contribution < -0.4 is 10.6 Å². The summed E-state index contributed by atoms with van der Waals surface area (Å²) in [5.41, 5.74) is 2.02. The van der Waals surface area contributed by atoms with Crippen LogP contribution in [-0.2, 0) is 6.54 Å². The van der Waals surface area contributed by atoms with Crippen LogP contribution in [0.2, 0.25) is 0 Å². The van der Waals surface area contributed by atoms with E-state index in [4.69, 9.17) is 4.52 Å². The molecular formula is C12H14N4O2. The highest BCUT2D eigenvalue weighted by molar-refractivity contribution is 5.92. The maximum absolute atomic E-state index is 11.4. The molecule has 18 heavy (non-hydrogen) atoms. The zero-order valence-corrected chi connectivity index (χ0v) is 10.2. The molecule has 94 valence electrons. The summed E-state index contributed by atoms with van der Waals surface area (Å²) < 4.78 is 5.08. The maximum Gasteiger partial charge on any atom is 0.269 e. The van der Waals surface area contributed by atoms with Crippen LogP contribution in [0.4, 0.5) is 5.69 Å². The molecule has 2 N–H and O–H groups in total. The highest BCUT2D eigenvalue weighted by atomic mass is 16.5. The Morgan fingerprint density at radius 3 is 2.94 bits per heavy atom. The van der Waals surface area contributed by atoms with Crippen molar-refractivity contribution in [3.05, 3.63) is 41.5 Å². The smallest absolute Gasteiger partial charge is 0.269 e. The number of pyridine rings is 1. The summed E-state index contributed by atoms with van der Waals surface area (Å²) in [6.07, 6.45) is 1.58. The van der Waals surface area contributed by atoms with Crippen LogP contribution in [0.3, 0.4) is 0 Å². The molecular weight excluding hydrogens is 232 g/mol. The van der Waals surface area contributed by atoms with Crippen molar-refractivity contribution in [2.75, 3.05) is 12.4 Å². The number of amides is 1. The van der Waals surface area contributed by atoms with Crippen molar-refractivity contribution >= 4 is 11.6 Å². The van der Waals surface area contributed by atoms with E-state index in [0.717, 1.165) is 17.1 Å². The third-order valence-corrected chi connectivity index (χ3v) is 2.36. The van der Waals surface area contributed by atoms with Crippen LogP contribution in [0, 0.1) is 6.92 Å². The summed E-state index contributed by atoms with van der Waals surface area (Å²) >= 11 is 0. The summed E-state index contributed by atoms with van der Waals surface area (Å²) in [5.74, 6) is 0.528. The van der Waals surface area contributed by atoms with Crippen molar-refractivity contribution in [2.45, 2.75) is 13.5 Å². The molecule has 2 aromatic heterocycles. The van der Waals surface area contributed by atoms with Crippen molar-refractivity contribution in [1.29, 1.82) is 0 Å². The van der Waals surface area contributed by atoms with Gasteiger partial charge >= 0.3 is 0 Å². The SMILES string of the molecule is CNC(=O)c1cc(NCc2cc(C)no2)ccn1. The van der Waals surface area contributed by atoms with Gasteiger partial charge in [0.1, 0.15) is 5.69 Å². The van der Waals surface area contributed by atoms with Gasteiger partial charge in [-0.25, -0.2) is 0 Å². The topological polar surface area (TPSA) is 80.0 Å². The largest absolute Gasteiger partial charge is 0.378 e. The van der Waals surface area contributed by atoms with Crippen LogP contribution in [0.1, 0.15) is 21.9 Å². The van der Waals surface area contributed by atoms with E-state index in [-0.39, 0.29) is 5.91 Å². The number of anilines is 1. The van der Waals surface area contributed by atoms with E-state index in [1.807, 2.05) is 13.0 Å². The Hall–Kier alpha value is -2.37. The van der Waals surface area contributed by atoms with E-state index >= 15 is 0 Å². The fourth-order valence-corrected chi connectivity index (χ4v) is 1.48. The summed E-state index contributed by atoms with van der Waals surface area (Å²) in [7, 11) is 1.57. The first-order valence-corrected chi connectivity index (χ1v) is 5.53. The molecule has 0 aromatic carbocycles. The number of carbonyl (C=O) groups excluding carboxylic acids is 1. The summed E-state index contributed by atoms with van der Waals surface area (Å²) in [6.45, 7) is 2.38. The Kier molecular flexibility index (Phi) is 3.57. The molecule has 6 heteroatoms. The predicted molar refractivity (Wildman–Crippen MR) is 66.2 cm³/mol. The van der Waals surface area contributed by atoms with Gasteiger partial charge in [-0.05, 0) is 19.1 Å². The molecule has 0 saturated heterocycles.